The van der Waals surface area contributed by atoms with Crippen molar-refractivity contribution in [1.82, 2.24) is 5.32 Å². The summed E-state index contributed by atoms with van der Waals surface area (Å²) in [6.07, 6.45) is 2.61. The predicted molar refractivity (Wildman–Crippen MR) is 90.4 cm³/mol. The molecule has 118 valence electrons. The minimum Gasteiger partial charge on any atom is -0.492 e. The maximum atomic E-state index is 12.1. The van der Waals surface area contributed by atoms with Gasteiger partial charge in [0, 0.05) is 12.6 Å². The summed E-state index contributed by atoms with van der Waals surface area (Å²) in [5.74, 6) is 0.810. The fourth-order valence-corrected chi connectivity index (χ4v) is 3.12. The van der Waals surface area contributed by atoms with Crippen molar-refractivity contribution in [3.05, 3.63) is 17.5 Å². The predicted octanol–water partition coefficient (Wildman–Crippen LogP) is 3.10. The molecule has 0 fully saturated rings. The molecule has 4 N–H and O–H groups in total. The minimum absolute atomic E-state index is 0.207. The van der Waals surface area contributed by atoms with E-state index in [0.29, 0.717) is 34.8 Å². The first kappa shape index (κ1) is 17.4. The van der Waals surface area contributed by atoms with Gasteiger partial charge in [0.2, 0.25) is 0 Å². The highest BCUT2D eigenvalue weighted by Crippen LogP contribution is 2.43. The number of thiophene rings is 1. The summed E-state index contributed by atoms with van der Waals surface area (Å²) in [6, 6.07) is 0.307. The van der Waals surface area contributed by atoms with Crippen molar-refractivity contribution < 1.29 is 9.53 Å². The molecule has 0 aliphatic carbocycles. The number of ether oxygens (including phenoxy) is 1. The zero-order chi connectivity index (χ0) is 16.0. The molecule has 1 atom stereocenters. The van der Waals surface area contributed by atoms with E-state index in [1.54, 1.807) is 13.2 Å². The summed E-state index contributed by atoms with van der Waals surface area (Å²) in [6.45, 7) is 10.4. The molecule has 21 heavy (non-hydrogen) atoms. The van der Waals surface area contributed by atoms with Gasteiger partial charge in [0.15, 0.2) is 5.75 Å². The molecule has 1 aromatic rings. The lowest BCUT2D eigenvalue weighted by molar-refractivity contribution is 0.0962. The Bertz CT molecular complexity index is 497. The lowest BCUT2D eigenvalue weighted by atomic mass is 10.0. The van der Waals surface area contributed by atoms with Gasteiger partial charge in [-0.25, -0.2) is 0 Å². The molecule has 1 amide bonds. The minimum atomic E-state index is -0.207. The molecule has 0 aliphatic heterocycles. The van der Waals surface area contributed by atoms with Crippen LogP contribution in [-0.2, 0) is 0 Å². The van der Waals surface area contributed by atoms with Crippen LogP contribution in [0.1, 0.15) is 36.9 Å². The number of amides is 1. The Morgan fingerprint density at radius 1 is 1.52 bits per heavy atom. The molecule has 1 rings (SSSR count). The van der Waals surface area contributed by atoms with Crippen molar-refractivity contribution in [2.24, 2.45) is 5.92 Å². The SMILES string of the molecule is C=CCNC(=O)c1sc(NC(CC)C(C)C)c(OC)c1N. The fourth-order valence-electron chi connectivity index (χ4n) is 2.05. The van der Waals surface area contributed by atoms with E-state index in [9.17, 15) is 4.79 Å². The van der Waals surface area contributed by atoms with Crippen molar-refractivity contribution in [1.29, 1.82) is 0 Å². The number of hydrogen-bond donors (Lipinski definition) is 3. The van der Waals surface area contributed by atoms with Gasteiger partial charge in [-0.1, -0.05) is 26.8 Å². The number of nitrogens with two attached hydrogens (primary N) is 1. The summed E-state index contributed by atoms with van der Waals surface area (Å²) < 4.78 is 5.36. The van der Waals surface area contributed by atoms with Crippen LogP contribution in [0.5, 0.6) is 5.75 Å². The number of nitrogen functional groups attached to an aromatic ring is 1. The molecule has 6 heteroatoms. The largest absolute Gasteiger partial charge is 0.492 e. The van der Waals surface area contributed by atoms with E-state index >= 15 is 0 Å². The number of rotatable bonds is 8. The fraction of sp³-hybridized carbons (Fsp3) is 0.533. The molecule has 1 aromatic heterocycles. The Hall–Kier alpha value is -1.69. The van der Waals surface area contributed by atoms with Crippen LogP contribution in [0.3, 0.4) is 0 Å². The van der Waals surface area contributed by atoms with E-state index in [0.717, 1.165) is 11.4 Å². The first-order chi connectivity index (χ1) is 9.96. The van der Waals surface area contributed by atoms with Crippen LogP contribution in [0.2, 0.25) is 0 Å². The monoisotopic (exact) mass is 311 g/mol. The van der Waals surface area contributed by atoms with Crippen LogP contribution in [0.25, 0.3) is 0 Å². The Balaban J connectivity index is 3.05. The number of methoxy groups -OCH3 is 1. The van der Waals surface area contributed by atoms with Gasteiger partial charge in [-0.3, -0.25) is 4.79 Å². The van der Waals surface area contributed by atoms with Gasteiger partial charge in [0.25, 0.3) is 5.91 Å². The molecule has 0 saturated carbocycles. The second-order valence-corrected chi connectivity index (χ2v) is 6.13. The molecular weight excluding hydrogens is 286 g/mol. The van der Waals surface area contributed by atoms with Crippen LogP contribution in [-0.4, -0.2) is 25.6 Å². The van der Waals surface area contributed by atoms with E-state index in [4.69, 9.17) is 10.5 Å². The van der Waals surface area contributed by atoms with Gasteiger partial charge < -0.3 is 21.1 Å². The van der Waals surface area contributed by atoms with Gasteiger partial charge in [-0.05, 0) is 12.3 Å². The highest BCUT2D eigenvalue weighted by molar-refractivity contribution is 7.19. The summed E-state index contributed by atoms with van der Waals surface area (Å²) in [4.78, 5) is 12.6. The van der Waals surface area contributed by atoms with Crippen LogP contribution < -0.4 is 21.1 Å². The van der Waals surface area contributed by atoms with Crippen molar-refractivity contribution in [3.8, 4) is 5.75 Å². The third-order valence-electron chi connectivity index (χ3n) is 3.28. The lowest BCUT2D eigenvalue weighted by Crippen LogP contribution is -2.24. The van der Waals surface area contributed by atoms with E-state index < -0.39 is 0 Å². The normalized spacial score (nSPS) is 12.0. The van der Waals surface area contributed by atoms with Gasteiger partial charge >= 0.3 is 0 Å². The summed E-state index contributed by atoms with van der Waals surface area (Å²) >= 11 is 1.32. The van der Waals surface area contributed by atoms with Crippen molar-refractivity contribution in [2.75, 3.05) is 24.7 Å². The second-order valence-electron chi connectivity index (χ2n) is 5.11. The topological polar surface area (TPSA) is 76.4 Å². The van der Waals surface area contributed by atoms with Gasteiger partial charge in [0.1, 0.15) is 15.6 Å². The first-order valence-corrected chi connectivity index (χ1v) is 7.89. The summed E-state index contributed by atoms with van der Waals surface area (Å²) in [7, 11) is 1.56. The molecule has 1 unspecified atom stereocenters. The Kier molecular flexibility index (Phi) is 6.55. The number of nitrogens with one attached hydrogen (secondary N) is 2. The van der Waals surface area contributed by atoms with Crippen LogP contribution in [0, 0.1) is 5.92 Å². The lowest BCUT2D eigenvalue weighted by Gasteiger charge is -2.21. The Labute approximate surface area is 130 Å². The zero-order valence-corrected chi connectivity index (χ0v) is 14.0. The third-order valence-corrected chi connectivity index (χ3v) is 4.39. The molecular formula is C15H25N3O2S. The summed E-state index contributed by atoms with van der Waals surface area (Å²) in [5, 5.41) is 6.97. The second kappa shape index (κ2) is 7.93. The third kappa shape index (κ3) is 4.14. The van der Waals surface area contributed by atoms with Crippen LogP contribution in [0.4, 0.5) is 10.7 Å². The quantitative estimate of drug-likeness (QED) is 0.645. The molecule has 0 radical (unpaired) electrons. The maximum absolute atomic E-state index is 12.1. The molecule has 0 spiro atoms. The van der Waals surface area contributed by atoms with Gasteiger partial charge in [0.05, 0.1) is 7.11 Å². The van der Waals surface area contributed by atoms with E-state index in [1.807, 2.05) is 0 Å². The standard InChI is InChI=1S/C15H25N3O2S/c1-6-8-17-14(19)13-11(16)12(20-5)15(21-13)18-10(7-2)9(3)4/h6,9-10,18H,1,7-8,16H2,2-5H3,(H,17,19). The maximum Gasteiger partial charge on any atom is 0.263 e. The Morgan fingerprint density at radius 2 is 2.19 bits per heavy atom. The van der Waals surface area contributed by atoms with Crippen molar-refractivity contribution >= 4 is 27.9 Å². The highest BCUT2D eigenvalue weighted by Gasteiger charge is 2.23. The van der Waals surface area contributed by atoms with Crippen molar-refractivity contribution in [2.45, 2.75) is 33.2 Å². The number of hydrogen-bond acceptors (Lipinski definition) is 5. The molecule has 0 aromatic carbocycles. The van der Waals surface area contributed by atoms with E-state index in [-0.39, 0.29) is 5.91 Å². The highest BCUT2D eigenvalue weighted by atomic mass is 32.1. The number of anilines is 2. The van der Waals surface area contributed by atoms with Crippen LogP contribution in [0.15, 0.2) is 12.7 Å². The number of carbonyl (C=O) groups is 1. The first-order valence-electron chi connectivity index (χ1n) is 7.08. The molecule has 0 saturated heterocycles. The van der Waals surface area contributed by atoms with Gasteiger partial charge in [-0.15, -0.1) is 17.9 Å². The number of carbonyl (C=O) groups excluding carboxylic acids is 1. The molecule has 1 heterocycles. The summed E-state index contributed by atoms with van der Waals surface area (Å²) in [5.41, 5.74) is 6.42. The smallest absolute Gasteiger partial charge is 0.263 e. The van der Waals surface area contributed by atoms with Crippen LogP contribution >= 0.6 is 11.3 Å². The zero-order valence-electron chi connectivity index (χ0n) is 13.2. The average Bonchev–Trinajstić information content (AvgIpc) is 2.77. The molecule has 0 bridgehead atoms. The Morgan fingerprint density at radius 3 is 2.67 bits per heavy atom. The molecule has 5 nitrogen and oxygen atoms in total. The van der Waals surface area contributed by atoms with E-state index in [2.05, 4.69) is 38.0 Å². The molecule has 0 aliphatic rings. The van der Waals surface area contributed by atoms with E-state index in [1.165, 1.54) is 11.3 Å². The average molecular weight is 311 g/mol. The van der Waals surface area contributed by atoms with Crippen molar-refractivity contribution in [3.63, 3.8) is 0 Å². The van der Waals surface area contributed by atoms with Gasteiger partial charge in [-0.2, -0.15) is 0 Å².